The van der Waals surface area contributed by atoms with Crippen LogP contribution in [0, 0.1) is 0 Å². The van der Waals surface area contributed by atoms with Crippen molar-refractivity contribution in [2.75, 3.05) is 11.9 Å². The molecule has 82 valence electrons. The summed E-state index contributed by atoms with van der Waals surface area (Å²) in [4.78, 5) is 21.2. The van der Waals surface area contributed by atoms with Gasteiger partial charge in [0.2, 0.25) is 5.91 Å². The fourth-order valence-corrected chi connectivity index (χ4v) is 0.806. The molecule has 14 heavy (non-hydrogen) atoms. The Kier molecular flexibility index (Phi) is 5.51. The number of amides is 2. The van der Waals surface area contributed by atoms with Gasteiger partial charge in [-0.15, -0.1) is 0 Å². The van der Waals surface area contributed by atoms with Crippen LogP contribution in [-0.2, 0) is 9.53 Å². The molecule has 0 aliphatic carbocycles. The lowest BCUT2D eigenvalue weighted by atomic mass is 10.5. The smallest absolute Gasteiger partial charge is 0.422 e. The molecule has 0 radical (unpaired) electrons. The van der Waals surface area contributed by atoms with Crippen LogP contribution in [0.1, 0.15) is 6.42 Å². The average Bonchev–Trinajstić information content (AvgIpc) is 2.00. The number of hydrogen-bond donors (Lipinski definition) is 1. The van der Waals surface area contributed by atoms with Crippen LogP contribution in [0.25, 0.3) is 0 Å². The van der Waals surface area contributed by atoms with Crippen LogP contribution in [0.2, 0.25) is 0 Å². The molecule has 0 aromatic rings. The first kappa shape index (κ1) is 13.2. The zero-order chi connectivity index (χ0) is 11.2. The second-order valence-corrected chi connectivity index (χ2v) is 2.97. The van der Waals surface area contributed by atoms with Crippen molar-refractivity contribution in [2.24, 2.45) is 0 Å². The maximum absolute atomic E-state index is 11.5. The lowest BCUT2D eigenvalue weighted by Crippen LogP contribution is -2.33. The van der Waals surface area contributed by atoms with E-state index >= 15 is 0 Å². The van der Waals surface area contributed by atoms with Crippen molar-refractivity contribution in [3.63, 3.8) is 0 Å². The lowest BCUT2D eigenvalue weighted by molar-refractivity contribution is -0.160. The third kappa shape index (κ3) is 7.84. The summed E-state index contributed by atoms with van der Waals surface area (Å²) < 4.78 is 38.2. The highest BCUT2D eigenvalue weighted by Crippen LogP contribution is 2.14. The first-order valence-electron chi connectivity index (χ1n) is 3.44. The summed E-state index contributed by atoms with van der Waals surface area (Å²) >= 11 is 2.92. The predicted molar refractivity (Wildman–Crippen MR) is 44.0 cm³/mol. The number of rotatable bonds is 3. The Morgan fingerprint density at radius 1 is 1.36 bits per heavy atom. The molecular formula is C6H7BrF3NO3. The molecule has 8 heteroatoms. The van der Waals surface area contributed by atoms with Crippen LogP contribution >= 0.6 is 15.9 Å². The van der Waals surface area contributed by atoms with Gasteiger partial charge < -0.3 is 4.74 Å². The summed E-state index contributed by atoms with van der Waals surface area (Å²) in [5.74, 6) is -0.700. The molecule has 0 spiro atoms. The number of imide groups is 1. The molecule has 0 aromatic carbocycles. The van der Waals surface area contributed by atoms with Gasteiger partial charge in [-0.2, -0.15) is 13.2 Å². The van der Waals surface area contributed by atoms with E-state index in [1.54, 1.807) is 5.32 Å². The summed E-state index contributed by atoms with van der Waals surface area (Å²) in [6.07, 6.45) is -6.00. The van der Waals surface area contributed by atoms with Crippen LogP contribution in [0.5, 0.6) is 0 Å². The first-order valence-corrected chi connectivity index (χ1v) is 4.56. The molecule has 0 atom stereocenters. The Bertz CT molecular complexity index is 219. The molecular weight excluding hydrogens is 271 g/mol. The third-order valence-electron chi connectivity index (χ3n) is 0.930. The first-order chi connectivity index (χ1) is 6.35. The molecule has 0 aliphatic heterocycles. The van der Waals surface area contributed by atoms with Crippen LogP contribution in [-0.4, -0.2) is 30.1 Å². The molecule has 2 amide bonds. The second kappa shape index (κ2) is 5.84. The van der Waals surface area contributed by atoms with E-state index in [0.717, 1.165) is 0 Å². The number of alkyl carbamates (subject to hydrolysis) is 1. The molecule has 0 fully saturated rings. The van der Waals surface area contributed by atoms with E-state index in [1.807, 2.05) is 0 Å². The van der Waals surface area contributed by atoms with Crippen molar-refractivity contribution in [3.05, 3.63) is 0 Å². The largest absolute Gasteiger partial charge is 0.440 e. The highest BCUT2D eigenvalue weighted by molar-refractivity contribution is 9.09. The number of carbonyl (C=O) groups excluding carboxylic acids is 2. The number of alkyl halides is 4. The van der Waals surface area contributed by atoms with Crippen LogP contribution in [0.3, 0.4) is 0 Å². The highest BCUT2D eigenvalue weighted by atomic mass is 79.9. The molecule has 0 heterocycles. The minimum absolute atomic E-state index is 0.0128. The number of hydrogen-bond acceptors (Lipinski definition) is 3. The third-order valence-corrected chi connectivity index (χ3v) is 1.33. The molecule has 0 saturated carbocycles. The van der Waals surface area contributed by atoms with Gasteiger partial charge in [0.15, 0.2) is 6.61 Å². The molecule has 4 nitrogen and oxygen atoms in total. The van der Waals surface area contributed by atoms with Gasteiger partial charge in [0.05, 0.1) is 0 Å². The Labute approximate surface area is 85.9 Å². The SMILES string of the molecule is O=C(CCBr)NC(=O)OCC(F)(F)F. The van der Waals surface area contributed by atoms with E-state index in [-0.39, 0.29) is 6.42 Å². The monoisotopic (exact) mass is 277 g/mol. The van der Waals surface area contributed by atoms with Gasteiger partial charge in [0.1, 0.15) is 0 Å². The van der Waals surface area contributed by atoms with E-state index in [9.17, 15) is 22.8 Å². The molecule has 0 rings (SSSR count). The summed E-state index contributed by atoms with van der Waals surface area (Å²) in [5, 5.41) is 1.93. The van der Waals surface area contributed by atoms with Crippen LogP contribution in [0.4, 0.5) is 18.0 Å². The van der Waals surface area contributed by atoms with Gasteiger partial charge >= 0.3 is 12.3 Å². The molecule has 0 aliphatic rings. The Morgan fingerprint density at radius 3 is 2.36 bits per heavy atom. The van der Waals surface area contributed by atoms with E-state index in [2.05, 4.69) is 20.7 Å². The van der Waals surface area contributed by atoms with Gasteiger partial charge in [-0.25, -0.2) is 4.79 Å². The highest BCUT2D eigenvalue weighted by Gasteiger charge is 2.29. The molecule has 0 bridgehead atoms. The maximum Gasteiger partial charge on any atom is 0.422 e. The molecule has 0 unspecified atom stereocenters. The standard InChI is InChI=1S/C6H7BrF3NO3/c7-2-1-4(12)11-5(13)14-3-6(8,9)10/h1-3H2,(H,11,12,13). The van der Waals surface area contributed by atoms with Crippen molar-refractivity contribution in [2.45, 2.75) is 12.6 Å². The van der Waals surface area contributed by atoms with Gasteiger partial charge in [0.25, 0.3) is 0 Å². The molecule has 0 saturated heterocycles. The second-order valence-electron chi connectivity index (χ2n) is 2.18. The van der Waals surface area contributed by atoms with Gasteiger partial charge in [-0.05, 0) is 0 Å². The summed E-state index contributed by atoms with van der Waals surface area (Å²) in [5.41, 5.74) is 0. The fourth-order valence-electron chi connectivity index (χ4n) is 0.446. The summed E-state index contributed by atoms with van der Waals surface area (Å²) in [6, 6.07) is 0. The quantitative estimate of drug-likeness (QED) is 0.797. The molecule has 1 N–H and O–H groups in total. The van der Waals surface area contributed by atoms with Gasteiger partial charge in [0, 0.05) is 11.8 Å². The summed E-state index contributed by atoms with van der Waals surface area (Å²) in [7, 11) is 0. The molecule has 0 aromatic heterocycles. The van der Waals surface area contributed by atoms with Crippen molar-refractivity contribution in [1.29, 1.82) is 0 Å². The Hall–Kier alpha value is -0.790. The van der Waals surface area contributed by atoms with Crippen molar-refractivity contribution in [3.8, 4) is 0 Å². The van der Waals surface area contributed by atoms with E-state index in [1.165, 1.54) is 0 Å². The number of ether oxygens (including phenoxy) is 1. The average molecular weight is 278 g/mol. The Morgan fingerprint density at radius 2 is 1.93 bits per heavy atom. The zero-order valence-electron chi connectivity index (χ0n) is 6.86. The van der Waals surface area contributed by atoms with Crippen molar-refractivity contribution < 1.29 is 27.5 Å². The fraction of sp³-hybridized carbons (Fsp3) is 0.667. The number of carbonyl (C=O) groups is 2. The van der Waals surface area contributed by atoms with Gasteiger partial charge in [-0.3, -0.25) is 10.1 Å². The minimum atomic E-state index is -4.59. The Balaban J connectivity index is 3.71. The predicted octanol–water partition coefficient (Wildman–Crippen LogP) is 1.59. The van der Waals surface area contributed by atoms with Crippen LogP contribution < -0.4 is 5.32 Å². The minimum Gasteiger partial charge on any atom is -0.440 e. The van der Waals surface area contributed by atoms with E-state index in [0.29, 0.717) is 5.33 Å². The normalized spacial score (nSPS) is 10.9. The topological polar surface area (TPSA) is 55.4 Å². The van der Waals surface area contributed by atoms with E-state index in [4.69, 9.17) is 0 Å². The summed E-state index contributed by atoms with van der Waals surface area (Å²) in [6.45, 7) is -1.71. The van der Waals surface area contributed by atoms with Gasteiger partial charge in [-0.1, -0.05) is 15.9 Å². The van der Waals surface area contributed by atoms with Crippen LogP contribution in [0.15, 0.2) is 0 Å². The van der Waals surface area contributed by atoms with Crippen molar-refractivity contribution in [1.82, 2.24) is 5.32 Å². The van der Waals surface area contributed by atoms with Crippen molar-refractivity contribution >= 4 is 27.9 Å². The van der Waals surface area contributed by atoms with E-state index < -0.39 is 24.8 Å². The maximum atomic E-state index is 11.5. The number of halogens is 4. The zero-order valence-corrected chi connectivity index (χ0v) is 8.44. The number of nitrogens with one attached hydrogen (secondary N) is 1. The lowest BCUT2D eigenvalue weighted by Gasteiger charge is -2.07.